The number of benzene rings is 3. The normalized spacial score (nSPS) is 11.0. The Bertz CT molecular complexity index is 1580. The molecule has 0 spiro atoms. The van der Waals surface area contributed by atoms with Crippen LogP contribution < -0.4 is 5.56 Å². The molecular formula is C23H16EuF3NO6. The average molecular weight is 611 g/mol. The summed E-state index contributed by atoms with van der Waals surface area (Å²) in [5.74, 6) is -3.44. The number of rotatable bonds is 2. The molecule has 11 heteroatoms. The fourth-order valence-electron chi connectivity index (χ4n) is 3.81. The van der Waals surface area contributed by atoms with E-state index in [9.17, 15) is 27.9 Å². The number of halogens is 3. The number of fused-ring (bicyclic) bond motifs is 5. The number of aromatic hydroxyl groups is 1. The van der Waals surface area contributed by atoms with Gasteiger partial charge in [-0.2, -0.15) is 13.2 Å². The van der Waals surface area contributed by atoms with Crippen LogP contribution in [-0.2, 0) is 0 Å². The van der Waals surface area contributed by atoms with Crippen LogP contribution in [0, 0.1) is 49.4 Å². The van der Waals surface area contributed by atoms with Gasteiger partial charge in [0.1, 0.15) is 22.4 Å². The summed E-state index contributed by atoms with van der Waals surface area (Å²) >= 11 is 0. The molecule has 0 aliphatic heterocycles. The molecule has 0 amide bonds. The molecule has 0 aliphatic carbocycles. The van der Waals surface area contributed by atoms with Gasteiger partial charge in [-0.15, -0.1) is 0 Å². The standard InChI is InChI=1S/C23H12F3NO4.Eu.2H2O/c24-23(25,26)21(29)17-19(28)15-11-10-14-13-8-4-5-9-16(13)31-20(14)18(15)27(22(17)30)12-6-2-1-3-7-12;;;/h1-11,28H;;2*1H2. The summed E-state index contributed by atoms with van der Waals surface area (Å²) in [5.41, 5.74) is -1.61. The van der Waals surface area contributed by atoms with E-state index in [-0.39, 0.29) is 82.5 Å². The van der Waals surface area contributed by atoms with Gasteiger partial charge >= 0.3 is 6.18 Å². The maximum absolute atomic E-state index is 13.2. The number of aromatic nitrogens is 1. The van der Waals surface area contributed by atoms with E-state index in [0.717, 1.165) is 9.95 Å². The van der Waals surface area contributed by atoms with E-state index in [1.807, 2.05) is 0 Å². The van der Waals surface area contributed by atoms with Crippen LogP contribution >= 0.6 is 0 Å². The molecule has 2 heterocycles. The first kappa shape index (κ1) is 27.7. The maximum Gasteiger partial charge on any atom is 0.455 e. The van der Waals surface area contributed by atoms with Gasteiger partial charge in [-0.05, 0) is 30.3 Å². The van der Waals surface area contributed by atoms with Gasteiger partial charge in [0.2, 0.25) is 0 Å². The van der Waals surface area contributed by atoms with Crippen molar-refractivity contribution in [2.45, 2.75) is 6.18 Å². The van der Waals surface area contributed by atoms with Crippen molar-refractivity contribution in [1.29, 1.82) is 0 Å². The summed E-state index contributed by atoms with van der Waals surface area (Å²) in [5, 5.41) is 11.8. The number of Topliss-reactive ketones (excluding diaryl/α,β-unsaturated/α-hetero) is 1. The predicted molar refractivity (Wildman–Crippen MR) is 116 cm³/mol. The van der Waals surface area contributed by atoms with Crippen molar-refractivity contribution in [1.82, 2.24) is 4.57 Å². The van der Waals surface area contributed by atoms with Crippen LogP contribution in [0.25, 0.3) is 38.5 Å². The van der Waals surface area contributed by atoms with E-state index in [1.54, 1.807) is 48.5 Å². The topological polar surface area (TPSA) is 135 Å². The molecule has 5 aromatic rings. The van der Waals surface area contributed by atoms with Crippen LogP contribution in [0.4, 0.5) is 13.2 Å². The molecule has 177 valence electrons. The molecule has 0 aliphatic rings. The zero-order valence-corrected chi connectivity index (χ0v) is 19.4. The number of hydrogen-bond acceptors (Lipinski definition) is 4. The molecule has 0 saturated heterocycles. The molecule has 34 heavy (non-hydrogen) atoms. The summed E-state index contributed by atoms with van der Waals surface area (Å²) in [6.07, 6.45) is -5.33. The largest absolute Gasteiger partial charge is 0.506 e. The first-order valence-corrected chi connectivity index (χ1v) is 9.18. The van der Waals surface area contributed by atoms with E-state index < -0.39 is 28.8 Å². The van der Waals surface area contributed by atoms with Crippen LogP contribution in [0.3, 0.4) is 0 Å². The van der Waals surface area contributed by atoms with E-state index in [0.29, 0.717) is 11.0 Å². The summed E-state index contributed by atoms with van der Waals surface area (Å²) < 4.78 is 46.5. The Morgan fingerprint density at radius 3 is 2.09 bits per heavy atom. The smallest absolute Gasteiger partial charge is 0.455 e. The van der Waals surface area contributed by atoms with Crippen LogP contribution in [0.15, 0.2) is 75.9 Å². The molecule has 2 aromatic heterocycles. The van der Waals surface area contributed by atoms with Crippen LogP contribution in [-0.4, -0.2) is 32.6 Å². The first-order valence-electron chi connectivity index (χ1n) is 9.18. The third-order valence-corrected chi connectivity index (χ3v) is 5.15. The molecule has 0 bridgehead atoms. The molecule has 1 radical (unpaired) electrons. The molecule has 5 N–H and O–H groups in total. The van der Waals surface area contributed by atoms with Gasteiger partial charge in [0, 0.05) is 71.2 Å². The minimum Gasteiger partial charge on any atom is -0.506 e. The molecule has 0 unspecified atom stereocenters. The second-order valence-electron chi connectivity index (χ2n) is 6.96. The number of ketones is 1. The molecular weight excluding hydrogens is 595 g/mol. The summed E-state index contributed by atoms with van der Waals surface area (Å²) in [6, 6.07) is 17.9. The summed E-state index contributed by atoms with van der Waals surface area (Å²) in [7, 11) is 0. The van der Waals surface area contributed by atoms with Crippen LogP contribution in [0.2, 0.25) is 0 Å². The van der Waals surface area contributed by atoms with Crippen molar-refractivity contribution in [3.8, 4) is 11.4 Å². The molecule has 0 saturated carbocycles. The van der Waals surface area contributed by atoms with E-state index in [1.165, 1.54) is 18.2 Å². The van der Waals surface area contributed by atoms with Gasteiger partial charge in [0.05, 0.1) is 0 Å². The van der Waals surface area contributed by atoms with E-state index in [2.05, 4.69) is 0 Å². The Kier molecular flexibility index (Phi) is 8.11. The number of pyridine rings is 1. The first-order chi connectivity index (χ1) is 14.8. The molecule has 5 rings (SSSR count). The number of nitrogens with zero attached hydrogens (tertiary/aromatic N) is 1. The minimum atomic E-state index is -5.33. The van der Waals surface area contributed by atoms with Crippen molar-refractivity contribution in [2.24, 2.45) is 0 Å². The predicted octanol–water partition coefficient (Wildman–Crippen LogP) is 3.69. The number of carbonyl (C=O) groups is 1. The Morgan fingerprint density at radius 1 is 0.853 bits per heavy atom. The number of para-hydroxylation sites is 2. The van der Waals surface area contributed by atoms with E-state index >= 15 is 0 Å². The van der Waals surface area contributed by atoms with Gasteiger partial charge in [0.15, 0.2) is 5.58 Å². The van der Waals surface area contributed by atoms with Crippen molar-refractivity contribution >= 4 is 38.6 Å². The van der Waals surface area contributed by atoms with Crippen molar-refractivity contribution in [3.63, 3.8) is 0 Å². The number of alkyl halides is 3. The SMILES string of the molecule is O.O.O=C(c1c(O)c2ccc3c4ccccc4oc3c2n(-c2ccccc2)c1=O)C(F)(F)F.[Eu]. The molecule has 3 aromatic carbocycles. The quantitative estimate of drug-likeness (QED) is 0.305. The molecule has 0 atom stereocenters. The van der Waals surface area contributed by atoms with Gasteiger partial charge in [-0.25, -0.2) is 0 Å². The fourth-order valence-corrected chi connectivity index (χ4v) is 3.81. The number of furan rings is 1. The second kappa shape index (κ2) is 9.97. The van der Waals surface area contributed by atoms with Gasteiger partial charge in [-0.3, -0.25) is 14.2 Å². The zero-order valence-electron chi connectivity index (χ0n) is 17.0. The Balaban J connectivity index is 0.00000136. The number of hydrogen-bond donors (Lipinski definition) is 1. The van der Waals surface area contributed by atoms with Gasteiger partial charge < -0.3 is 20.5 Å². The third-order valence-electron chi connectivity index (χ3n) is 5.15. The Hall–Kier alpha value is -2.57. The van der Waals surface area contributed by atoms with E-state index in [4.69, 9.17) is 4.42 Å². The second-order valence-corrected chi connectivity index (χ2v) is 6.96. The average Bonchev–Trinajstić information content (AvgIpc) is 3.13. The Morgan fingerprint density at radius 2 is 1.44 bits per heavy atom. The Labute approximate surface area is 229 Å². The minimum absolute atomic E-state index is 0. The zero-order chi connectivity index (χ0) is 21.9. The summed E-state index contributed by atoms with van der Waals surface area (Å²) in [6.45, 7) is 0. The number of carbonyl (C=O) groups excluding carboxylic acids is 1. The van der Waals surface area contributed by atoms with Crippen LogP contribution in [0.5, 0.6) is 5.75 Å². The molecule has 0 fully saturated rings. The monoisotopic (exact) mass is 612 g/mol. The molecule has 7 nitrogen and oxygen atoms in total. The van der Waals surface area contributed by atoms with Crippen molar-refractivity contribution in [2.75, 3.05) is 0 Å². The van der Waals surface area contributed by atoms with Crippen molar-refractivity contribution < 1.29 is 87.8 Å². The maximum atomic E-state index is 13.2. The summed E-state index contributed by atoms with van der Waals surface area (Å²) in [4.78, 5) is 25.2. The van der Waals surface area contributed by atoms with Crippen LogP contribution in [0.1, 0.15) is 10.4 Å². The van der Waals surface area contributed by atoms with Crippen molar-refractivity contribution in [3.05, 3.63) is 82.6 Å². The fraction of sp³-hybridized carbons (Fsp3) is 0.0435. The van der Waals surface area contributed by atoms with Gasteiger partial charge in [-0.1, -0.05) is 36.4 Å². The third kappa shape index (κ3) is 4.18. The van der Waals surface area contributed by atoms with Gasteiger partial charge in [0.25, 0.3) is 11.3 Å².